The summed E-state index contributed by atoms with van der Waals surface area (Å²) in [6.45, 7) is 0. The standard InChI is InChI=1S/C8H2ClF5N2/c9-4-1-3(7(10)11)5(2-15)16-6(4)8(12,13)14/h1,7H. The average Bonchev–Trinajstić information content (AvgIpc) is 2.15. The number of pyridine rings is 1. The van der Waals surface area contributed by atoms with Crippen LogP contribution in [0.15, 0.2) is 6.07 Å². The molecule has 0 saturated carbocycles. The Balaban J connectivity index is 3.45. The van der Waals surface area contributed by atoms with Gasteiger partial charge in [0.2, 0.25) is 0 Å². The van der Waals surface area contributed by atoms with Crippen LogP contribution >= 0.6 is 11.6 Å². The molecule has 0 spiro atoms. The van der Waals surface area contributed by atoms with E-state index in [-0.39, 0.29) is 0 Å². The lowest BCUT2D eigenvalue weighted by atomic mass is 10.2. The molecule has 0 aliphatic rings. The third kappa shape index (κ3) is 2.39. The zero-order valence-corrected chi connectivity index (χ0v) is 8.07. The van der Waals surface area contributed by atoms with E-state index in [2.05, 4.69) is 4.98 Å². The fourth-order valence-corrected chi connectivity index (χ4v) is 1.22. The minimum atomic E-state index is -4.89. The number of halogens is 6. The van der Waals surface area contributed by atoms with Gasteiger partial charge in [-0.1, -0.05) is 11.6 Å². The maximum absolute atomic E-state index is 12.3. The van der Waals surface area contributed by atoms with Crippen molar-refractivity contribution in [3.8, 4) is 6.07 Å². The minimum absolute atomic E-state index is 0.403. The van der Waals surface area contributed by atoms with Crippen molar-refractivity contribution in [1.82, 2.24) is 4.98 Å². The molecule has 86 valence electrons. The third-order valence-electron chi connectivity index (χ3n) is 1.61. The van der Waals surface area contributed by atoms with Crippen LogP contribution in [-0.4, -0.2) is 4.98 Å². The second-order valence-electron chi connectivity index (χ2n) is 2.67. The minimum Gasteiger partial charge on any atom is -0.230 e. The van der Waals surface area contributed by atoms with Crippen LogP contribution in [-0.2, 0) is 6.18 Å². The van der Waals surface area contributed by atoms with E-state index in [4.69, 9.17) is 16.9 Å². The average molecular weight is 257 g/mol. The van der Waals surface area contributed by atoms with Crippen LogP contribution in [0.5, 0.6) is 0 Å². The number of hydrogen-bond donors (Lipinski definition) is 0. The molecule has 0 fully saturated rings. The van der Waals surface area contributed by atoms with Crippen molar-refractivity contribution < 1.29 is 22.0 Å². The van der Waals surface area contributed by atoms with Gasteiger partial charge in [0.05, 0.1) is 10.6 Å². The van der Waals surface area contributed by atoms with Gasteiger partial charge in [0.25, 0.3) is 6.43 Å². The summed E-state index contributed by atoms with van der Waals surface area (Å²) >= 11 is 5.16. The topological polar surface area (TPSA) is 36.7 Å². The van der Waals surface area contributed by atoms with Crippen LogP contribution in [0.2, 0.25) is 5.02 Å². The van der Waals surface area contributed by atoms with Gasteiger partial charge in [0.15, 0.2) is 5.69 Å². The van der Waals surface area contributed by atoms with Crippen molar-refractivity contribution in [3.05, 3.63) is 28.0 Å². The van der Waals surface area contributed by atoms with Crippen LogP contribution in [0.3, 0.4) is 0 Å². The van der Waals surface area contributed by atoms with Gasteiger partial charge in [-0.25, -0.2) is 13.8 Å². The molecular weight excluding hydrogens is 255 g/mol. The summed E-state index contributed by atoms with van der Waals surface area (Å²) in [4.78, 5) is 2.79. The van der Waals surface area contributed by atoms with E-state index in [1.165, 1.54) is 6.07 Å². The predicted octanol–water partition coefficient (Wildman–Crippen LogP) is 3.56. The molecule has 0 aliphatic heterocycles. The zero-order chi connectivity index (χ0) is 12.5. The molecule has 8 heteroatoms. The molecule has 0 radical (unpaired) electrons. The van der Waals surface area contributed by atoms with Crippen LogP contribution in [0, 0.1) is 11.3 Å². The maximum Gasteiger partial charge on any atom is 0.434 e. The summed E-state index contributed by atoms with van der Waals surface area (Å²) in [6, 6.07) is 1.57. The molecule has 0 atom stereocenters. The largest absolute Gasteiger partial charge is 0.434 e. The fraction of sp³-hybridized carbons (Fsp3) is 0.250. The highest BCUT2D eigenvalue weighted by Crippen LogP contribution is 2.35. The van der Waals surface area contributed by atoms with Crippen LogP contribution < -0.4 is 0 Å². The van der Waals surface area contributed by atoms with E-state index in [0.29, 0.717) is 6.07 Å². The van der Waals surface area contributed by atoms with Crippen molar-refractivity contribution >= 4 is 11.6 Å². The number of aromatic nitrogens is 1. The number of alkyl halides is 5. The zero-order valence-electron chi connectivity index (χ0n) is 7.32. The third-order valence-corrected chi connectivity index (χ3v) is 1.90. The SMILES string of the molecule is N#Cc1nc(C(F)(F)F)c(Cl)cc1C(F)F. The van der Waals surface area contributed by atoms with Crippen molar-refractivity contribution in [2.45, 2.75) is 12.6 Å². The molecule has 2 nitrogen and oxygen atoms in total. The van der Waals surface area contributed by atoms with Gasteiger partial charge in [0, 0.05) is 0 Å². The molecule has 0 bridgehead atoms. The highest BCUT2D eigenvalue weighted by Gasteiger charge is 2.36. The Hall–Kier alpha value is -1.42. The summed E-state index contributed by atoms with van der Waals surface area (Å²) in [5.41, 5.74) is -3.44. The molecule has 1 heterocycles. The molecule has 0 saturated heterocycles. The first-order chi connectivity index (χ1) is 7.27. The first-order valence-electron chi connectivity index (χ1n) is 3.73. The van der Waals surface area contributed by atoms with Crippen molar-refractivity contribution in [3.63, 3.8) is 0 Å². The van der Waals surface area contributed by atoms with Gasteiger partial charge in [-0.2, -0.15) is 18.4 Å². The number of nitriles is 1. The highest BCUT2D eigenvalue weighted by atomic mass is 35.5. The number of hydrogen-bond acceptors (Lipinski definition) is 2. The molecule has 0 N–H and O–H groups in total. The Labute approximate surface area is 91.3 Å². The van der Waals surface area contributed by atoms with Crippen LogP contribution in [0.25, 0.3) is 0 Å². The predicted molar refractivity (Wildman–Crippen MR) is 43.9 cm³/mol. The van der Waals surface area contributed by atoms with Gasteiger partial charge >= 0.3 is 6.18 Å². The summed E-state index contributed by atoms with van der Waals surface area (Å²) < 4.78 is 61.3. The maximum atomic E-state index is 12.3. The fourth-order valence-electron chi connectivity index (χ4n) is 0.958. The van der Waals surface area contributed by atoms with E-state index < -0.39 is 34.6 Å². The van der Waals surface area contributed by atoms with Gasteiger partial charge in [-0.15, -0.1) is 0 Å². The monoisotopic (exact) mass is 256 g/mol. The smallest absolute Gasteiger partial charge is 0.230 e. The molecule has 16 heavy (non-hydrogen) atoms. The van der Waals surface area contributed by atoms with Gasteiger partial charge in [-0.05, 0) is 6.07 Å². The first kappa shape index (κ1) is 12.6. The Morgan fingerprint density at radius 1 is 1.38 bits per heavy atom. The second-order valence-corrected chi connectivity index (χ2v) is 3.07. The molecule has 0 aromatic carbocycles. The van der Waals surface area contributed by atoms with E-state index in [0.717, 1.165) is 0 Å². The quantitative estimate of drug-likeness (QED) is 0.720. The number of rotatable bonds is 1. The van der Waals surface area contributed by atoms with Crippen LogP contribution in [0.1, 0.15) is 23.4 Å². The molecule has 0 amide bonds. The molecule has 1 aromatic rings. The molecule has 1 aromatic heterocycles. The van der Waals surface area contributed by atoms with Gasteiger partial charge in [0.1, 0.15) is 11.8 Å². The molecule has 0 aliphatic carbocycles. The van der Waals surface area contributed by atoms with E-state index in [1.807, 2.05) is 0 Å². The van der Waals surface area contributed by atoms with Crippen molar-refractivity contribution in [2.24, 2.45) is 0 Å². The molecule has 0 unspecified atom stereocenters. The lowest BCUT2D eigenvalue weighted by Crippen LogP contribution is -2.11. The van der Waals surface area contributed by atoms with E-state index in [9.17, 15) is 22.0 Å². The van der Waals surface area contributed by atoms with Crippen LogP contribution in [0.4, 0.5) is 22.0 Å². The summed E-state index contributed by atoms with van der Waals surface area (Å²) in [5, 5.41) is 7.44. The highest BCUT2D eigenvalue weighted by molar-refractivity contribution is 6.31. The summed E-state index contributed by atoms with van der Waals surface area (Å²) in [7, 11) is 0. The van der Waals surface area contributed by atoms with Crippen molar-refractivity contribution in [1.29, 1.82) is 5.26 Å². The van der Waals surface area contributed by atoms with E-state index >= 15 is 0 Å². The lowest BCUT2D eigenvalue weighted by Gasteiger charge is -2.10. The van der Waals surface area contributed by atoms with Gasteiger partial charge in [-0.3, -0.25) is 0 Å². The Morgan fingerprint density at radius 3 is 2.31 bits per heavy atom. The molecular formula is C8H2ClF5N2. The second kappa shape index (κ2) is 4.22. The van der Waals surface area contributed by atoms with E-state index in [1.54, 1.807) is 0 Å². The lowest BCUT2D eigenvalue weighted by molar-refractivity contribution is -0.141. The summed E-state index contributed by atoms with van der Waals surface area (Å²) in [5.74, 6) is 0. The Kier molecular flexibility index (Phi) is 3.33. The summed E-state index contributed by atoms with van der Waals surface area (Å²) in [6.07, 6.45) is -7.99. The Bertz CT molecular complexity index is 449. The number of nitrogens with zero attached hydrogens (tertiary/aromatic N) is 2. The Morgan fingerprint density at radius 2 is 1.94 bits per heavy atom. The van der Waals surface area contributed by atoms with Gasteiger partial charge < -0.3 is 0 Å². The molecule has 1 rings (SSSR count). The van der Waals surface area contributed by atoms with Crippen molar-refractivity contribution in [2.75, 3.05) is 0 Å². The normalized spacial score (nSPS) is 11.6. The first-order valence-corrected chi connectivity index (χ1v) is 4.11.